The predicted octanol–water partition coefficient (Wildman–Crippen LogP) is 5.00. The van der Waals surface area contributed by atoms with E-state index in [1.807, 2.05) is 56.7 Å². The highest BCUT2D eigenvalue weighted by Crippen LogP contribution is 2.32. The van der Waals surface area contributed by atoms with Gasteiger partial charge in [0, 0.05) is 19.5 Å². The second-order valence-electron chi connectivity index (χ2n) is 8.86. The molecule has 0 saturated heterocycles. The fourth-order valence-corrected chi connectivity index (χ4v) is 5.22. The molecule has 1 aliphatic heterocycles. The summed E-state index contributed by atoms with van der Waals surface area (Å²) in [7, 11) is 0. The van der Waals surface area contributed by atoms with Crippen molar-refractivity contribution in [2.45, 2.75) is 44.6 Å². The fourth-order valence-electron chi connectivity index (χ4n) is 3.91. The Morgan fingerprint density at radius 2 is 2.11 bits per heavy atom. The Hall–Kier alpha value is -3.20. The number of rotatable bonds is 12. The average Bonchev–Trinajstić information content (AvgIpc) is 2.89. The van der Waals surface area contributed by atoms with Gasteiger partial charge in [0.15, 0.2) is 11.3 Å². The van der Waals surface area contributed by atoms with Crippen molar-refractivity contribution in [2.24, 2.45) is 4.99 Å². The summed E-state index contributed by atoms with van der Waals surface area (Å²) >= 11 is 6.94. The van der Waals surface area contributed by atoms with Gasteiger partial charge in [-0.15, -0.1) is 11.8 Å². The quantitative estimate of drug-likeness (QED) is 0.213. The van der Waals surface area contributed by atoms with E-state index < -0.39 is 28.6 Å². The predicted molar refractivity (Wildman–Crippen MR) is 152 cm³/mol. The van der Waals surface area contributed by atoms with Crippen molar-refractivity contribution in [2.75, 3.05) is 12.4 Å². The van der Waals surface area contributed by atoms with Crippen LogP contribution in [0.25, 0.3) is 0 Å². The second kappa shape index (κ2) is 14.1. The van der Waals surface area contributed by atoms with Crippen molar-refractivity contribution in [1.82, 2.24) is 5.32 Å². The van der Waals surface area contributed by atoms with Gasteiger partial charge in [-0.3, -0.25) is 19.9 Å². The van der Waals surface area contributed by atoms with Crippen LogP contribution in [0.4, 0.5) is 0 Å². The second-order valence-corrected chi connectivity index (χ2v) is 10.4. The maximum Gasteiger partial charge on any atom is 0.364 e. The SMILES string of the molecule is C=C1[CH+]C(C)=C([CH+]/C=C2\CSC(C(NCc3ccccc3)C(=O)OCCC)N=C2C(=O)O)C=C1CC(=O)Cl. The summed E-state index contributed by atoms with van der Waals surface area (Å²) in [5.74, 6) is -1.29. The molecule has 1 aromatic rings. The number of aliphatic carboxylic acids is 1. The third-order valence-electron chi connectivity index (χ3n) is 5.91. The summed E-state index contributed by atoms with van der Waals surface area (Å²) < 4.78 is 5.39. The van der Waals surface area contributed by atoms with Gasteiger partial charge in [0.25, 0.3) is 0 Å². The number of esters is 1. The number of ether oxygens (including phenoxy) is 1. The molecule has 1 heterocycles. The molecule has 0 radical (unpaired) electrons. The van der Waals surface area contributed by atoms with Crippen molar-refractivity contribution in [3.63, 3.8) is 0 Å². The third kappa shape index (κ3) is 8.15. The Kier molecular flexibility index (Phi) is 10.9. The molecule has 2 unspecified atom stereocenters. The van der Waals surface area contributed by atoms with E-state index in [9.17, 15) is 19.5 Å². The number of nitrogens with one attached hydrogen (secondary N) is 1. The standard InChI is InChI=1S/C29H30ClN2O5S/c1-4-12-37-29(36)26(31-16-20-8-6-5-7-9-20)27-32-25(28(34)35)22(17-38-27)11-10-21-14-23(15-24(30)33)19(3)13-18(21)2/h5-11,13-14,26-27,31H,3-4,12,15-17H2,1-2H3/q+1/p+1/b22-11+. The summed E-state index contributed by atoms with van der Waals surface area (Å²) in [4.78, 5) is 40.9. The first-order valence-corrected chi connectivity index (χ1v) is 13.7. The number of allylic oxidation sites excluding steroid dienone is 6. The van der Waals surface area contributed by atoms with Crippen LogP contribution in [0.3, 0.4) is 0 Å². The van der Waals surface area contributed by atoms with E-state index in [1.54, 1.807) is 12.5 Å². The summed E-state index contributed by atoms with van der Waals surface area (Å²) in [5.41, 5.74) is 4.59. The highest BCUT2D eigenvalue weighted by atomic mass is 35.5. The molecule has 0 bridgehead atoms. The van der Waals surface area contributed by atoms with E-state index in [2.05, 4.69) is 16.9 Å². The lowest BCUT2D eigenvalue weighted by molar-refractivity contribution is -0.146. The van der Waals surface area contributed by atoms with Crippen LogP contribution >= 0.6 is 23.4 Å². The van der Waals surface area contributed by atoms with Gasteiger partial charge in [-0.25, -0.2) is 4.79 Å². The van der Waals surface area contributed by atoms with Crippen LogP contribution in [0.1, 0.15) is 32.3 Å². The third-order valence-corrected chi connectivity index (χ3v) is 7.24. The maximum absolute atomic E-state index is 12.9. The molecule has 2 atom stereocenters. The van der Waals surface area contributed by atoms with E-state index in [1.165, 1.54) is 11.8 Å². The molecule has 0 amide bonds. The largest absolute Gasteiger partial charge is 0.476 e. The first-order chi connectivity index (χ1) is 18.2. The van der Waals surface area contributed by atoms with E-state index in [4.69, 9.17) is 16.3 Å². The Bertz CT molecular complexity index is 1200. The van der Waals surface area contributed by atoms with Gasteiger partial charge in [-0.1, -0.05) is 37.3 Å². The molecule has 7 nitrogen and oxygen atoms in total. The molecule has 1 aromatic carbocycles. The first-order valence-electron chi connectivity index (χ1n) is 12.2. The van der Waals surface area contributed by atoms with Crippen LogP contribution in [-0.2, 0) is 25.7 Å². The molecule has 3 rings (SSSR count). The van der Waals surface area contributed by atoms with Gasteiger partial charge in [0.05, 0.1) is 42.8 Å². The van der Waals surface area contributed by atoms with Crippen LogP contribution < -0.4 is 5.32 Å². The van der Waals surface area contributed by atoms with Crippen molar-refractivity contribution >= 4 is 46.3 Å². The number of thioether (sulfide) groups is 1. The normalized spacial score (nSPS) is 19.3. The molecular formula is C29H31ClN2O5S+2. The Morgan fingerprint density at radius 3 is 2.76 bits per heavy atom. The van der Waals surface area contributed by atoms with Gasteiger partial charge in [-0.05, 0) is 30.2 Å². The van der Waals surface area contributed by atoms with Gasteiger partial charge >= 0.3 is 11.9 Å². The number of halogens is 1. The fraction of sp³-hybridized carbons (Fsp3) is 0.310. The Balaban J connectivity index is 1.82. The molecule has 2 aliphatic rings. The minimum atomic E-state index is -1.17. The maximum atomic E-state index is 12.9. The summed E-state index contributed by atoms with van der Waals surface area (Å²) in [6.07, 6.45) is 7.95. The molecular weight excluding hydrogens is 524 g/mol. The number of carbonyl (C=O) groups is 3. The number of carboxylic acids is 1. The van der Waals surface area contributed by atoms with E-state index in [-0.39, 0.29) is 18.7 Å². The van der Waals surface area contributed by atoms with Crippen molar-refractivity contribution < 1.29 is 24.2 Å². The van der Waals surface area contributed by atoms with Crippen molar-refractivity contribution in [1.29, 1.82) is 0 Å². The minimum absolute atomic E-state index is 0.0585. The van der Waals surface area contributed by atoms with Gasteiger partial charge in [0.2, 0.25) is 5.24 Å². The lowest BCUT2D eigenvalue weighted by Crippen LogP contribution is -2.46. The van der Waals surface area contributed by atoms with Crippen LogP contribution in [0, 0.1) is 12.8 Å². The number of nitrogens with zero attached hydrogens (tertiary/aromatic N) is 1. The molecule has 9 heteroatoms. The van der Waals surface area contributed by atoms with Crippen LogP contribution in [-0.4, -0.2) is 51.8 Å². The van der Waals surface area contributed by atoms with Gasteiger partial charge in [-0.2, -0.15) is 0 Å². The highest BCUT2D eigenvalue weighted by Gasteiger charge is 2.36. The summed E-state index contributed by atoms with van der Waals surface area (Å²) in [5, 5.41) is 12.0. The van der Waals surface area contributed by atoms with Gasteiger partial charge in [0.1, 0.15) is 28.6 Å². The minimum Gasteiger partial charge on any atom is -0.476 e. The van der Waals surface area contributed by atoms with E-state index in [0.29, 0.717) is 35.4 Å². The zero-order chi connectivity index (χ0) is 27.7. The summed E-state index contributed by atoms with van der Waals surface area (Å²) in [6, 6.07) is 8.80. The molecule has 0 spiro atoms. The molecule has 1 aliphatic carbocycles. The topological polar surface area (TPSA) is 105 Å². The number of aliphatic imine (C=N–C) groups is 1. The molecule has 0 saturated carbocycles. The number of carbonyl (C=O) groups excluding carboxylic acids is 2. The number of benzene rings is 1. The average molecular weight is 555 g/mol. The van der Waals surface area contributed by atoms with E-state index in [0.717, 1.165) is 16.7 Å². The number of hydrogen-bond donors (Lipinski definition) is 2. The molecule has 198 valence electrons. The number of hydrogen-bond acceptors (Lipinski definition) is 7. The van der Waals surface area contributed by atoms with Crippen LogP contribution in [0.15, 0.2) is 81.9 Å². The lowest BCUT2D eigenvalue weighted by Gasteiger charge is -2.26. The summed E-state index contributed by atoms with van der Waals surface area (Å²) in [6.45, 7) is 8.47. The van der Waals surface area contributed by atoms with Crippen LogP contribution in [0.2, 0.25) is 0 Å². The lowest BCUT2D eigenvalue weighted by atomic mass is 9.86. The molecule has 2 N–H and O–H groups in total. The van der Waals surface area contributed by atoms with E-state index >= 15 is 0 Å². The van der Waals surface area contributed by atoms with Crippen molar-refractivity contribution in [3.05, 3.63) is 95.3 Å². The van der Waals surface area contributed by atoms with Crippen LogP contribution in [0.5, 0.6) is 0 Å². The zero-order valence-electron chi connectivity index (χ0n) is 21.4. The van der Waals surface area contributed by atoms with Crippen molar-refractivity contribution in [3.8, 4) is 0 Å². The molecule has 38 heavy (non-hydrogen) atoms. The highest BCUT2D eigenvalue weighted by molar-refractivity contribution is 8.00. The Morgan fingerprint density at radius 1 is 1.37 bits per heavy atom. The molecule has 0 fully saturated rings. The monoisotopic (exact) mass is 554 g/mol. The zero-order valence-corrected chi connectivity index (χ0v) is 23.0. The first kappa shape index (κ1) is 29.4. The van der Waals surface area contributed by atoms with Gasteiger partial charge < -0.3 is 9.84 Å². The smallest absolute Gasteiger partial charge is 0.364 e. The molecule has 0 aromatic heterocycles. The Labute approximate surface area is 232 Å². The number of carboxylic acid groups (broad SMARTS) is 1.